The molecule has 116 valence electrons. The maximum absolute atomic E-state index is 12.2. The minimum Gasteiger partial charge on any atom is -0.494 e. The van der Waals surface area contributed by atoms with Crippen molar-refractivity contribution in [2.45, 2.75) is 13.5 Å². The second-order valence-electron chi connectivity index (χ2n) is 5.01. The fraction of sp³-hybridized carbons (Fsp3) is 0.278. The largest absolute Gasteiger partial charge is 0.494 e. The maximum Gasteiger partial charge on any atom is 0.241 e. The zero-order chi connectivity index (χ0) is 15.8. The highest BCUT2D eigenvalue weighted by Gasteiger charge is 2.11. The lowest BCUT2D eigenvalue weighted by Gasteiger charge is -2.19. The molecule has 0 bridgehead atoms. The molecule has 0 atom stereocenters. The molecule has 2 rings (SSSR count). The molecule has 0 saturated heterocycles. The Balaban J connectivity index is 1.91. The lowest BCUT2D eigenvalue weighted by molar-refractivity contribution is -0.128. The molecular weight excluding hydrogens is 276 g/mol. The van der Waals surface area contributed by atoms with Crippen LogP contribution in [0, 0.1) is 0 Å². The third-order valence-electron chi connectivity index (χ3n) is 3.32. The molecule has 0 aliphatic carbocycles. The minimum atomic E-state index is 0.0372. The number of hydrogen-bond donors (Lipinski definition) is 1. The van der Waals surface area contributed by atoms with E-state index in [-0.39, 0.29) is 12.5 Å². The van der Waals surface area contributed by atoms with Gasteiger partial charge in [-0.15, -0.1) is 0 Å². The van der Waals surface area contributed by atoms with Crippen LogP contribution in [-0.4, -0.2) is 31.0 Å². The van der Waals surface area contributed by atoms with Crippen LogP contribution in [0.5, 0.6) is 5.75 Å². The van der Waals surface area contributed by atoms with Gasteiger partial charge in [-0.05, 0) is 25.1 Å². The molecule has 0 aliphatic heterocycles. The smallest absolute Gasteiger partial charge is 0.241 e. The molecule has 0 spiro atoms. The summed E-state index contributed by atoms with van der Waals surface area (Å²) < 4.78 is 5.59. The van der Waals surface area contributed by atoms with Crippen molar-refractivity contribution in [3.63, 3.8) is 0 Å². The molecule has 1 N–H and O–H groups in total. The Hall–Kier alpha value is -2.49. The van der Waals surface area contributed by atoms with Crippen molar-refractivity contribution in [1.82, 2.24) is 4.90 Å². The molecule has 22 heavy (non-hydrogen) atoms. The fourth-order valence-corrected chi connectivity index (χ4v) is 2.14. The summed E-state index contributed by atoms with van der Waals surface area (Å²) in [7, 11) is 1.80. The summed E-state index contributed by atoms with van der Waals surface area (Å²) in [5, 5.41) is 3.13. The molecule has 1 amide bonds. The third kappa shape index (κ3) is 4.52. The van der Waals surface area contributed by atoms with Crippen molar-refractivity contribution in [2.75, 3.05) is 25.5 Å². The predicted octanol–water partition coefficient (Wildman–Crippen LogP) is 3.16. The SMILES string of the molecule is CCOc1ccccc1CN(C)C(=O)CNc1ccccc1. The van der Waals surface area contributed by atoms with Crippen LogP contribution in [-0.2, 0) is 11.3 Å². The van der Waals surface area contributed by atoms with E-state index in [1.807, 2.05) is 61.5 Å². The first kappa shape index (κ1) is 15.9. The van der Waals surface area contributed by atoms with E-state index in [9.17, 15) is 4.79 Å². The first-order valence-electron chi connectivity index (χ1n) is 7.44. The summed E-state index contributed by atoms with van der Waals surface area (Å²) in [6.07, 6.45) is 0. The molecule has 2 aromatic carbocycles. The first-order valence-corrected chi connectivity index (χ1v) is 7.44. The number of hydrogen-bond acceptors (Lipinski definition) is 3. The topological polar surface area (TPSA) is 41.6 Å². The zero-order valence-corrected chi connectivity index (χ0v) is 13.1. The van der Waals surface area contributed by atoms with E-state index in [1.165, 1.54) is 0 Å². The van der Waals surface area contributed by atoms with Crippen LogP contribution in [0.1, 0.15) is 12.5 Å². The monoisotopic (exact) mass is 298 g/mol. The van der Waals surface area contributed by atoms with Gasteiger partial charge in [0.05, 0.1) is 13.2 Å². The van der Waals surface area contributed by atoms with E-state index in [0.29, 0.717) is 13.2 Å². The molecule has 0 saturated carbocycles. The second-order valence-corrected chi connectivity index (χ2v) is 5.01. The van der Waals surface area contributed by atoms with Gasteiger partial charge in [-0.1, -0.05) is 36.4 Å². The Labute approximate surface area is 131 Å². The van der Waals surface area contributed by atoms with Gasteiger partial charge >= 0.3 is 0 Å². The van der Waals surface area contributed by atoms with Crippen molar-refractivity contribution in [1.29, 1.82) is 0 Å². The van der Waals surface area contributed by atoms with Crippen LogP contribution in [0.2, 0.25) is 0 Å². The Kier molecular flexibility index (Phi) is 5.83. The molecule has 0 radical (unpaired) electrons. The summed E-state index contributed by atoms with van der Waals surface area (Å²) in [4.78, 5) is 13.9. The first-order chi connectivity index (χ1) is 10.7. The van der Waals surface area contributed by atoms with Crippen molar-refractivity contribution < 1.29 is 9.53 Å². The normalized spacial score (nSPS) is 10.1. The predicted molar refractivity (Wildman–Crippen MR) is 89.0 cm³/mol. The molecular formula is C18H22N2O2. The van der Waals surface area contributed by atoms with Gasteiger partial charge in [0.1, 0.15) is 5.75 Å². The molecule has 2 aromatic rings. The number of amides is 1. The number of benzene rings is 2. The molecule has 0 aliphatic rings. The van der Waals surface area contributed by atoms with E-state index in [0.717, 1.165) is 17.0 Å². The Morgan fingerprint density at radius 3 is 2.50 bits per heavy atom. The minimum absolute atomic E-state index is 0.0372. The number of likely N-dealkylation sites (N-methyl/N-ethyl adjacent to an activating group) is 1. The van der Waals surface area contributed by atoms with Crippen LogP contribution >= 0.6 is 0 Å². The molecule has 4 nitrogen and oxygen atoms in total. The summed E-state index contributed by atoms with van der Waals surface area (Å²) in [6, 6.07) is 17.5. The summed E-state index contributed by atoms with van der Waals surface area (Å²) in [5.74, 6) is 0.871. The lowest BCUT2D eigenvalue weighted by Crippen LogP contribution is -2.31. The van der Waals surface area contributed by atoms with Crippen LogP contribution in [0.3, 0.4) is 0 Å². The summed E-state index contributed by atoms with van der Waals surface area (Å²) in [5.41, 5.74) is 1.96. The average Bonchev–Trinajstić information content (AvgIpc) is 2.55. The van der Waals surface area contributed by atoms with Crippen LogP contribution in [0.15, 0.2) is 54.6 Å². The zero-order valence-electron chi connectivity index (χ0n) is 13.1. The van der Waals surface area contributed by atoms with Gasteiger partial charge in [0.15, 0.2) is 0 Å². The number of para-hydroxylation sites is 2. The Bertz CT molecular complexity index is 599. The quantitative estimate of drug-likeness (QED) is 0.853. The standard InChI is InChI=1S/C18H22N2O2/c1-3-22-17-12-8-7-9-15(17)14-20(2)18(21)13-19-16-10-5-4-6-11-16/h4-12,19H,3,13-14H2,1-2H3. The van der Waals surface area contributed by atoms with Gasteiger partial charge in [-0.25, -0.2) is 0 Å². The Morgan fingerprint density at radius 1 is 1.09 bits per heavy atom. The Morgan fingerprint density at radius 2 is 1.77 bits per heavy atom. The number of nitrogens with zero attached hydrogens (tertiary/aromatic N) is 1. The molecule has 0 heterocycles. The van der Waals surface area contributed by atoms with Crippen molar-refractivity contribution >= 4 is 11.6 Å². The summed E-state index contributed by atoms with van der Waals surface area (Å²) in [6.45, 7) is 3.38. The third-order valence-corrected chi connectivity index (χ3v) is 3.32. The van der Waals surface area contributed by atoms with E-state index < -0.39 is 0 Å². The van der Waals surface area contributed by atoms with Gasteiger partial charge in [-0.3, -0.25) is 4.79 Å². The average molecular weight is 298 g/mol. The molecule has 4 heteroatoms. The van der Waals surface area contributed by atoms with Gasteiger partial charge in [-0.2, -0.15) is 0 Å². The number of rotatable bonds is 7. The van der Waals surface area contributed by atoms with E-state index in [4.69, 9.17) is 4.74 Å². The van der Waals surface area contributed by atoms with Gasteiger partial charge in [0.2, 0.25) is 5.91 Å². The van der Waals surface area contributed by atoms with Crippen molar-refractivity contribution in [3.05, 3.63) is 60.2 Å². The number of ether oxygens (including phenoxy) is 1. The highest BCUT2D eigenvalue weighted by molar-refractivity contribution is 5.80. The highest BCUT2D eigenvalue weighted by atomic mass is 16.5. The van der Waals surface area contributed by atoms with E-state index in [2.05, 4.69) is 5.32 Å². The number of nitrogens with one attached hydrogen (secondary N) is 1. The van der Waals surface area contributed by atoms with Crippen LogP contribution in [0.25, 0.3) is 0 Å². The van der Waals surface area contributed by atoms with E-state index in [1.54, 1.807) is 11.9 Å². The van der Waals surface area contributed by atoms with Gasteiger partial charge in [0, 0.05) is 24.8 Å². The lowest BCUT2D eigenvalue weighted by atomic mass is 10.2. The number of carbonyl (C=O) groups excluding carboxylic acids is 1. The van der Waals surface area contributed by atoms with Crippen LogP contribution in [0.4, 0.5) is 5.69 Å². The molecule has 0 aromatic heterocycles. The number of anilines is 1. The molecule has 0 fully saturated rings. The van der Waals surface area contributed by atoms with Crippen molar-refractivity contribution in [2.24, 2.45) is 0 Å². The molecule has 0 unspecified atom stereocenters. The van der Waals surface area contributed by atoms with E-state index >= 15 is 0 Å². The number of carbonyl (C=O) groups is 1. The fourth-order valence-electron chi connectivity index (χ4n) is 2.14. The van der Waals surface area contributed by atoms with Crippen molar-refractivity contribution in [3.8, 4) is 5.75 Å². The van der Waals surface area contributed by atoms with Crippen LogP contribution < -0.4 is 10.1 Å². The van der Waals surface area contributed by atoms with Gasteiger partial charge in [0.25, 0.3) is 0 Å². The van der Waals surface area contributed by atoms with Gasteiger partial charge < -0.3 is 15.0 Å². The maximum atomic E-state index is 12.2. The highest BCUT2D eigenvalue weighted by Crippen LogP contribution is 2.19. The summed E-state index contributed by atoms with van der Waals surface area (Å²) >= 11 is 0. The second kappa shape index (κ2) is 8.08.